The molecule has 0 radical (unpaired) electrons. The lowest BCUT2D eigenvalue weighted by molar-refractivity contribution is -0.114. The Hall–Kier alpha value is -3.19. The van der Waals surface area contributed by atoms with Crippen LogP contribution < -0.4 is 9.62 Å². The molecule has 5 nitrogen and oxygen atoms in total. The molecule has 0 atom stereocenters. The maximum absolute atomic E-state index is 14.5. The minimum absolute atomic E-state index is 0.0249. The predicted octanol–water partition coefficient (Wildman–Crippen LogP) is 4.28. The first-order chi connectivity index (χ1) is 13.8. The van der Waals surface area contributed by atoms with E-state index in [1.165, 1.54) is 30.3 Å². The fourth-order valence-electron chi connectivity index (χ4n) is 2.99. The first-order valence-corrected chi connectivity index (χ1v) is 10.4. The fraction of sp³-hybridized carbons (Fsp3) is 0.136. The third kappa shape index (κ3) is 4.46. The average Bonchev–Trinajstić information content (AvgIpc) is 2.70. The van der Waals surface area contributed by atoms with Crippen LogP contribution in [-0.2, 0) is 14.8 Å². The van der Waals surface area contributed by atoms with E-state index >= 15 is 0 Å². The van der Waals surface area contributed by atoms with Gasteiger partial charge in [-0.1, -0.05) is 48.5 Å². The zero-order valence-electron chi connectivity index (χ0n) is 16.1. The smallest absolute Gasteiger partial charge is 0.264 e. The number of hydrogen-bond donors (Lipinski definition) is 1. The molecule has 3 aromatic carbocycles. The Bertz CT molecular complexity index is 1110. The van der Waals surface area contributed by atoms with Crippen molar-refractivity contribution in [3.63, 3.8) is 0 Å². The van der Waals surface area contributed by atoms with Gasteiger partial charge in [-0.05, 0) is 49.2 Å². The highest BCUT2D eigenvalue weighted by Gasteiger charge is 2.29. The van der Waals surface area contributed by atoms with Gasteiger partial charge in [0.25, 0.3) is 10.0 Å². The van der Waals surface area contributed by atoms with Gasteiger partial charge in [0.15, 0.2) is 0 Å². The van der Waals surface area contributed by atoms with E-state index in [4.69, 9.17) is 0 Å². The number of carbonyl (C=O) groups is 1. The first kappa shape index (κ1) is 20.5. The van der Waals surface area contributed by atoms with E-state index < -0.39 is 28.3 Å². The van der Waals surface area contributed by atoms with Crippen LogP contribution in [0, 0.1) is 19.7 Å². The third-order valence-electron chi connectivity index (χ3n) is 4.49. The summed E-state index contributed by atoms with van der Waals surface area (Å²) in [5.41, 5.74) is 2.12. The Morgan fingerprint density at radius 2 is 1.48 bits per heavy atom. The Balaban J connectivity index is 1.98. The minimum Gasteiger partial charge on any atom is -0.324 e. The Kier molecular flexibility index (Phi) is 5.98. The normalized spacial score (nSPS) is 11.1. The van der Waals surface area contributed by atoms with Gasteiger partial charge in [-0.3, -0.25) is 9.10 Å². The second-order valence-electron chi connectivity index (χ2n) is 6.59. The van der Waals surface area contributed by atoms with Gasteiger partial charge in [0.2, 0.25) is 5.91 Å². The summed E-state index contributed by atoms with van der Waals surface area (Å²) >= 11 is 0. The molecule has 29 heavy (non-hydrogen) atoms. The van der Waals surface area contributed by atoms with Crippen molar-refractivity contribution in [3.05, 3.63) is 89.7 Å². The molecule has 0 aliphatic rings. The second kappa shape index (κ2) is 8.45. The largest absolute Gasteiger partial charge is 0.324 e. The maximum atomic E-state index is 14.5. The van der Waals surface area contributed by atoms with Crippen molar-refractivity contribution in [1.82, 2.24) is 0 Å². The molecule has 0 saturated heterocycles. The summed E-state index contributed by atoms with van der Waals surface area (Å²) in [4.78, 5) is 12.7. The Labute approximate surface area is 169 Å². The van der Waals surface area contributed by atoms with Crippen molar-refractivity contribution in [2.75, 3.05) is 16.2 Å². The number of sulfonamides is 1. The molecular weight excluding hydrogens is 391 g/mol. The second-order valence-corrected chi connectivity index (χ2v) is 8.45. The van der Waals surface area contributed by atoms with Crippen molar-refractivity contribution < 1.29 is 17.6 Å². The number of rotatable bonds is 6. The van der Waals surface area contributed by atoms with Crippen LogP contribution in [-0.4, -0.2) is 20.9 Å². The van der Waals surface area contributed by atoms with Gasteiger partial charge in [-0.2, -0.15) is 0 Å². The van der Waals surface area contributed by atoms with Crippen molar-refractivity contribution in [2.24, 2.45) is 0 Å². The molecule has 0 bridgehead atoms. The van der Waals surface area contributed by atoms with Gasteiger partial charge in [-0.15, -0.1) is 0 Å². The number of halogens is 1. The summed E-state index contributed by atoms with van der Waals surface area (Å²) in [5, 5.41) is 2.75. The van der Waals surface area contributed by atoms with Crippen LogP contribution in [0.5, 0.6) is 0 Å². The molecule has 3 rings (SSSR count). The quantitative estimate of drug-likeness (QED) is 0.657. The van der Waals surface area contributed by atoms with Crippen LogP contribution in [0.25, 0.3) is 0 Å². The molecule has 150 valence electrons. The lowest BCUT2D eigenvalue weighted by atomic mass is 10.1. The van der Waals surface area contributed by atoms with E-state index in [1.807, 2.05) is 32.0 Å². The molecule has 0 heterocycles. The number of carbonyl (C=O) groups excluding carboxylic acids is 1. The fourth-order valence-corrected chi connectivity index (χ4v) is 4.44. The zero-order valence-corrected chi connectivity index (χ0v) is 16.9. The van der Waals surface area contributed by atoms with Gasteiger partial charge in [0.1, 0.15) is 12.4 Å². The van der Waals surface area contributed by atoms with Gasteiger partial charge < -0.3 is 5.32 Å². The molecule has 0 aliphatic carbocycles. The number of amides is 1. The molecule has 0 aromatic heterocycles. The SMILES string of the molecule is Cc1cccc(C)c1NC(=O)CN(c1ccccc1F)S(=O)(=O)c1ccccc1. The molecular formula is C22H21FN2O3S. The monoisotopic (exact) mass is 412 g/mol. The van der Waals surface area contributed by atoms with Crippen molar-refractivity contribution in [1.29, 1.82) is 0 Å². The molecule has 3 aromatic rings. The molecule has 0 aliphatic heterocycles. The Morgan fingerprint density at radius 3 is 2.10 bits per heavy atom. The lowest BCUT2D eigenvalue weighted by Crippen LogP contribution is -2.38. The third-order valence-corrected chi connectivity index (χ3v) is 6.26. The van der Waals surface area contributed by atoms with Crippen LogP contribution in [0.2, 0.25) is 0 Å². The number of hydrogen-bond acceptors (Lipinski definition) is 3. The Morgan fingerprint density at radius 1 is 0.897 bits per heavy atom. The molecule has 0 unspecified atom stereocenters. The summed E-state index contributed by atoms with van der Waals surface area (Å²) in [7, 11) is -4.15. The van der Waals surface area contributed by atoms with E-state index in [0.717, 1.165) is 21.5 Å². The van der Waals surface area contributed by atoms with E-state index in [9.17, 15) is 17.6 Å². The van der Waals surface area contributed by atoms with Gasteiger partial charge >= 0.3 is 0 Å². The number of para-hydroxylation sites is 2. The van der Waals surface area contributed by atoms with E-state index in [2.05, 4.69) is 5.32 Å². The molecule has 0 spiro atoms. The highest BCUT2D eigenvalue weighted by atomic mass is 32.2. The summed E-state index contributed by atoms with van der Waals surface area (Å²) in [5.74, 6) is -1.29. The highest BCUT2D eigenvalue weighted by molar-refractivity contribution is 7.92. The molecule has 0 fully saturated rings. The van der Waals surface area contributed by atoms with E-state index in [-0.39, 0.29) is 10.6 Å². The molecule has 1 N–H and O–H groups in total. The van der Waals surface area contributed by atoms with Crippen LogP contribution in [0.1, 0.15) is 11.1 Å². The number of aryl methyl sites for hydroxylation is 2. The van der Waals surface area contributed by atoms with E-state index in [0.29, 0.717) is 5.69 Å². The van der Waals surface area contributed by atoms with Gasteiger partial charge in [-0.25, -0.2) is 12.8 Å². The maximum Gasteiger partial charge on any atom is 0.264 e. The highest BCUT2D eigenvalue weighted by Crippen LogP contribution is 2.26. The standard InChI is InChI=1S/C22H21FN2O3S/c1-16-9-8-10-17(2)22(16)24-21(26)15-25(20-14-7-6-13-19(20)23)29(27,28)18-11-4-3-5-12-18/h3-14H,15H2,1-2H3,(H,24,26). The molecule has 1 amide bonds. The number of anilines is 2. The molecule has 7 heteroatoms. The van der Waals surface area contributed by atoms with Crippen LogP contribution in [0.3, 0.4) is 0 Å². The van der Waals surface area contributed by atoms with Crippen LogP contribution in [0.4, 0.5) is 15.8 Å². The summed E-state index contributed by atoms with van der Waals surface area (Å²) in [6.07, 6.45) is 0. The van der Waals surface area contributed by atoms with Gasteiger partial charge in [0.05, 0.1) is 10.6 Å². The summed E-state index contributed by atoms with van der Waals surface area (Å²) < 4.78 is 41.6. The number of nitrogens with zero attached hydrogens (tertiary/aromatic N) is 1. The van der Waals surface area contributed by atoms with E-state index in [1.54, 1.807) is 18.2 Å². The van der Waals surface area contributed by atoms with Crippen LogP contribution >= 0.6 is 0 Å². The van der Waals surface area contributed by atoms with Crippen molar-refractivity contribution >= 4 is 27.3 Å². The summed E-state index contributed by atoms with van der Waals surface area (Å²) in [6.45, 7) is 3.13. The topological polar surface area (TPSA) is 66.5 Å². The van der Waals surface area contributed by atoms with Crippen molar-refractivity contribution in [2.45, 2.75) is 18.7 Å². The van der Waals surface area contributed by atoms with Crippen molar-refractivity contribution in [3.8, 4) is 0 Å². The average molecular weight is 412 g/mol. The summed E-state index contributed by atoms with van der Waals surface area (Å²) in [6, 6.07) is 18.7. The number of nitrogens with one attached hydrogen (secondary N) is 1. The van der Waals surface area contributed by atoms with Crippen LogP contribution in [0.15, 0.2) is 77.7 Å². The number of benzene rings is 3. The zero-order chi connectivity index (χ0) is 21.0. The van der Waals surface area contributed by atoms with Gasteiger partial charge in [0, 0.05) is 5.69 Å². The first-order valence-electron chi connectivity index (χ1n) is 8.99. The molecule has 0 saturated carbocycles. The predicted molar refractivity (Wildman–Crippen MR) is 112 cm³/mol. The minimum atomic E-state index is -4.15. The lowest BCUT2D eigenvalue weighted by Gasteiger charge is -2.24.